The molecule has 1 saturated carbocycles. The molecule has 0 aromatic carbocycles. The van der Waals surface area contributed by atoms with Gasteiger partial charge in [0.1, 0.15) is 0 Å². The van der Waals surface area contributed by atoms with Gasteiger partial charge < -0.3 is 10.2 Å². The average molecular weight is 397 g/mol. The third-order valence-electron chi connectivity index (χ3n) is 5.04. The summed E-state index contributed by atoms with van der Waals surface area (Å²) in [5.41, 5.74) is 2.38. The van der Waals surface area contributed by atoms with Crippen LogP contribution in [0.2, 0.25) is 0 Å². The first kappa shape index (κ1) is 21.7. The minimum Gasteiger partial charge on any atom is -0.349 e. The molecule has 0 aromatic heterocycles. The summed E-state index contributed by atoms with van der Waals surface area (Å²) in [4.78, 5) is 39.5. The van der Waals surface area contributed by atoms with Crippen molar-refractivity contribution in [2.24, 2.45) is 16.9 Å². The van der Waals surface area contributed by atoms with Gasteiger partial charge in [-0.2, -0.15) is 0 Å². The number of hydrogen-bond acceptors (Lipinski definition) is 5. The van der Waals surface area contributed by atoms with Gasteiger partial charge in [0.15, 0.2) is 5.17 Å². The SMILES string of the molecule is CCN1CCS/C1=N\NC(=O)C(=O)[C@H](CC(C)C)NC(=O)C1CCCCC1. The van der Waals surface area contributed by atoms with E-state index >= 15 is 0 Å². The van der Waals surface area contributed by atoms with E-state index in [1.807, 2.05) is 25.7 Å². The van der Waals surface area contributed by atoms with E-state index in [9.17, 15) is 14.4 Å². The van der Waals surface area contributed by atoms with Crippen LogP contribution in [0.4, 0.5) is 0 Å². The maximum absolute atomic E-state index is 12.6. The summed E-state index contributed by atoms with van der Waals surface area (Å²) in [6.45, 7) is 7.66. The first-order chi connectivity index (χ1) is 12.9. The average Bonchev–Trinajstić information content (AvgIpc) is 3.12. The van der Waals surface area contributed by atoms with E-state index in [1.54, 1.807) is 11.8 Å². The highest BCUT2D eigenvalue weighted by atomic mass is 32.2. The summed E-state index contributed by atoms with van der Waals surface area (Å²) < 4.78 is 0. The standard InChI is InChI=1S/C19H32N4O3S/c1-4-23-10-11-27-19(23)22-21-18(26)16(24)15(12-13(2)3)20-17(25)14-8-6-5-7-9-14/h13-15H,4-12H2,1-3H3,(H,20,25)(H,21,26)/b22-19-/t15-/m0/s1. The summed E-state index contributed by atoms with van der Waals surface area (Å²) in [5, 5.41) is 7.66. The Labute approximate surface area is 166 Å². The number of carbonyl (C=O) groups is 3. The molecule has 0 radical (unpaired) electrons. The lowest BCUT2D eigenvalue weighted by atomic mass is 9.88. The Hall–Kier alpha value is -1.57. The molecule has 2 rings (SSSR count). The molecule has 2 aliphatic rings. The Morgan fingerprint density at radius 1 is 1.22 bits per heavy atom. The second kappa shape index (κ2) is 10.7. The van der Waals surface area contributed by atoms with Crippen molar-refractivity contribution < 1.29 is 14.4 Å². The molecular weight excluding hydrogens is 364 g/mol. The van der Waals surface area contributed by atoms with E-state index in [4.69, 9.17) is 0 Å². The van der Waals surface area contributed by atoms with Crippen molar-refractivity contribution in [3.05, 3.63) is 0 Å². The molecule has 1 aliphatic carbocycles. The summed E-state index contributed by atoms with van der Waals surface area (Å²) in [5.74, 6) is -0.423. The number of ketones is 1. The molecular formula is C19H32N4O3S. The van der Waals surface area contributed by atoms with Crippen molar-refractivity contribution in [2.75, 3.05) is 18.8 Å². The van der Waals surface area contributed by atoms with E-state index in [-0.39, 0.29) is 17.7 Å². The van der Waals surface area contributed by atoms with E-state index in [1.165, 1.54) is 0 Å². The van der Waals surface area contributed by atoms with E-state index in [0.717, 1.165) is 56.1 Å². The molecule has 2 N–H and O–H groups in total. The molecule has 1 atom stereocenters. The zero-order valence-electron chi connectivity index (χ0n) is 16.6. The highest BCUT2D eigenvalue weighted by Gasteiger charge is 2.31. The Kier molecular flexibility index (Phi) is 8.60. The fourth-order valence-corrected chi connectivity index (χ4v) is 4.51. The largest absolute Gasteiger partial charge is 0.349 e. The molecule has 7 nitrogen and oxygen atoms in total. The van der Waals surface area contributed by atoms with Crippen LogP contribution < -0.4 is 10.7 Å². The fourth-order valence-electron chi connectivity index (χ4n) is 3.50. The van der Waals surface area contributed by atoms with Crippen LogP contribution in [0, 0.1) is 11.8 Å². The number of hydrogen-bond donors (Lipinski definition) is 2. The third-order valence-corrected chi connectivity index (χ3v) is 6.03. The van der Waals surface area contributed by atoms with Crippen molar-refractivity contribution >= 4 is 34.5 Å². The van der Waals surface area contributed by atoms with Crippen LogP contribution in [0.25, 0.3) is 0 Å². The zero-order chi connectivity index (χ0) is 19.8. The van der Waals surface area contributed by atoms with Gasteiger partial charge in [-0.25, -0.2) is 5.43 Å². The Balaban J connectivity index is 1.97. The molecule has 27 heavy (non-hydrogen) atoms. The minimum absolute atomic E-state index is 0.0440. The zero-order valence-corrected chi connectivity index (χ0v) is 17.4. The van der Waals surface area contributed by atoms with Crippen LogP contribution in [-0.4, -0.2) is 52.5 Å². The molecule has 0 unspecified atom stereocenters. The number of nitrogens with one attached hydrogen (secondary N) is 2. The van der Waals surface area contributed by atoms with Crippen molar-refractivity contribution in [1.82, 2.24) is 15.6 Å². The first-order valence-electron chi connectivity index (χ1n) is 10.0. The Bertz CT molecular complexity index is 573. The molecule has 152 valence electrons. The van der Waals surface area contributed by atoms with Crippen molar-refractivity contribution in [3.63, 3.8) is 0 Å². The normalized spacial score (nSPS) is 20.7. The van der Waals surface area contributed by atoms with Crippen molar-refractivity contribution in [1.29, 1.82) is 0 Å². The molecule has 8 heteroatoms. The molecule has 2 amide bonds. The molecule has 0 bridgehead atoms. The van der Waals surface area contributed by atoms with Gasteiger partial charge in [0.25, 0.3) is 0 Å². The van der Waals surface area contributed by atoms with Crippen molar-refractivity contribution in [2.45, 2.75) is 65.3 Å². The molecule has 1 aliphatic heterocycles. The lowest BCUT2D eigenvalue weighted by Crippen LogP contribution is -2.49. The number of thioether (sulfide) groups is 1. The van der Waals surface area contributed by atoms with Crippen molar-refractivity contribution in [3.8, 4) is 0 Å². The van der Waals surface area contributed by atoms with Crippen LogP contribution in [-0.2, 0) is 14.4 Å². The summed E-state index contributed by atoms with van der Waals surface area (Å²) in [6, 6.07) is -0.793. The molecule has 2 fully saturated rings. The van der Waals surface area contributed by atoms with Gasteiger partial charge in [-0.1, -0.05) is 44.9 Å². The maximum Gasteiger partial charge on any atom is 0.309 e. The number of carbonyl (C=O) groups excluding carboxylic acids is 3. The van der Waals surface area contributed by atoms with Gasteiger partial charge in [0.05, 0.1) is 6.04 Å². The quantitative estimate of drug-likeness (QED) is 0.484. The maximum atomic E-state index is 12.6. The number of Topliss-reactive ketones (excluding diaryl/α,β-unsaturated/α-hetero) is 1. The van der Waals surface area contributed by atoms with Crippen LogP contribution in [0.1, 0.15) is 59.3 Å². The number of nitrogens with zero attached hydrogens (tertiary/aromatic N) is 2. The number of rotatable bonds is 8. The number of hydrazone groups is 1. The van der Waals surface area contributed by atoms with Crippen LogP contribution in [0.5, 0.6) is 0 Å². The van der Waals surface area contributed by atoms with E-state index < -0.39 is 17.7 Å². The van der Waals surface area contributed by atoms with Crippen LogP contribution >= 0.6 is 11.8 Å². The fraction of sp³-hybridized carbons (Fsp3) is 0.789. The predicted octanol–water partition coefficient (Wildman–Crippen LogP) is 2.12. The highest BCUT2D eigenvalue weighted by molar-refractivity contribution is 8.14. The van der Waals surface area contributed by atoms with Crippen LogP contribution in [0.3, 0.4) is 0 Å². The summed E-state index contributed by atoms with van der Waals surface area (Å²) in [6.07, 6.45) is 5.41. The van der Waals surface area contributed by atoms with Gasteiger partial charge >= 0.3 is 5.91 Å². The smallest absolute Gasteiger partial charge is 0.309 e. The topological polar surface area (TPSA) is 90.9 Å². The van der Waals surface area contributed by atoms with Gasteiger partial charge in [-0.05, 0) is 32.1 Å². The lowest BCUT2D eigenvalue weighted by Gasteiger charge is -2.25. The molecule has 0 spiro atoms. The third kappa shape index (κ3) is 6.52. The first-order valence-corrected chi connectivity index (χ1v) is 11.0. The van der Waals surface area contributed by atoms with Gasteiger partial charge in [0.2, 0.25) is 11.7 Å². The molecule has 1 saturated heterocycles. The van der Waals surface area contributed by atoms with E-state index in [2.05, 4.69) is 15.8 Å². The Morgan fingerprint density at radius 2 is 1.93 bits per heavy atom. The summed E-state index contributed by atoms with van der Waals surface area (Å²) in [7, 11) is 0. The predicted molar refractivity (Wildman–Crippen MR) is 108 cm³/mol. The molecule has 1 heterocycles. The van der Waals surface area contributed by atoms with Gasteiger partial charge in [0, 0.05) is 24.8 Å². The number of amidine groups is 1. The minimum atomic E-state index is -0.793. The van der Waals surface area contributed by atoms with E-state index in [0.29, 0.717) is 6.42 Å². The van der Waals surface area contributed by atoms with Gasteiger partial charge in [-0.15, -0.1) is 5.10 Å². The lowest BCUT2D eigenvalue weighted by molar-refractivity contribution is -0.140. The summed E-state index contributed by atoms with van der Waals surface area (Å²) >= 11 is 1.56. The second-order valence-corrected chi connectivity index (χ2v) is 8.72. The van der Waals surface area contributed by atoms with Crippen LogP contribution in [0.15, 0.2) is 5.10 Å². The molecule has 0 aromatic rings. The second-order valence-electron chi connectivity index (χ2n) is 7.65. The highest BCUT2D eigenvalue weighted by Crippen LogP contribution is 2.24. The Morgan fingerprint density at radius 3 is 2.56 bits per heavy atom. The number of amides is 2. The monoisotopic (exact) mass is 396 g/mol. The van der Waals surface area contributed by atoms with Gasteiger partial charge in [-0.3, -0.25) is 14.4 Å².